The van der Waals surface area contributed by atoms with Crippen LogP contribution < -0.4 is 5.32 Å². The van der Waals surface area contributed by atoms with Crippen LogP contribution in [0.15, 0.2) is 16.5 Å². The van der Waals surface area contributed by atoms with Crippen LogP contribution in [0, 0.1) is 13.8 Å². The summed E-state index contributed by atoms with van der Waals surface area (Å²) >= 11 is 1.87. The first kappa shape index (κ1) is 16.6. The smallest absolute Gasteiger partial charge is 0.233 e. The molecule has 0 radical (unpaired) electrons. The van der Waals surface area contributed by atoms with Crippen molar-refractivity contribution in [1.29, 1.82) is 0 Å². The van der Waals surface area contributed by atoms with Crippen LogP contribution in [-0.4, -0.2) is 47.9 Å². The molecule has 3 rings (SSSR count). The first-order valence-corrected chi connectivity index (χ1v) is 8.86. The van der Waals surface area contributed by atoms with Crippen molar-refractivity contribution in [2.75, 3.05) is 32.8 Å². The van der Waals surface area contributed by atoms with Crippen molar-refractivity contribution < 1.29 is 9.15 Å². The van der Waals surface area contributed by atoms with E-state index in [0.29, 0.717) is 17.8 Å². The molecule has 2 aromatic heterocycles. The molecule has 1 N–H and O–H groups in total. The van der Waals surface area contributed by atoms with E-state index >= 15 is 0 Å². The van der Waals surface area contributed by atoms with Crippen LogP contribution >= 0.6 is 11.3 Å². The Labute approximate surface area is 140 Å². The molecule has 0 unspecified atom stereocenters. The molecule has 2 atom stereocenters. The molecule has 0 spiro atoms. The molecule has 1 aliphatic rings. The maximum Gasteiger partial charge on any atom is 0.233 e. The van der Waals surface area contributed by atoms with E-state index in [2.05, 4.69) is 46.4 Å². The maximum absolute atomic E-state index is 5.52. The third-order valence-electron chi connectivity index (χ3n) is 4.11. The molecule has 23 heavy (non-hydrogen) atoms. The minimum atomic E-state index is 0.0424. The van der Waals surface area contributed by atoms with E-state index in [4.69, 9.17) is 9.15 Å². The van der Waals surface area contributed by atoms with Gasteiger partial charge in [-0.25, -0.2) is 0 Å². The molecule has 1 aliphatic heterocycles. The number of ether oxygens (including phenoxy) is 1. The number of aromatic nitrogens is 2. The number of rotatable bonds is 6. The molecule has 0 bridgehead atoms. The van der Waals surface area contributed by atoms with Gasteiger partial charge in [0.05, 0.1) is 25.3 Å². The Hall–Kier alpha value is -1.28. The van der Waals surface area contributed by atoms with Crippen molar-refractivity contribution in [3.8, 4) is 0 Å². The zero-order valence-electron chi connectivity index (χ0n) is 13.9. The van der Waals surface area contributed by atoms with Gasteiger partial charge in [-0.05, 0) is 26.0 Å². The molecule has 2 aromatic rings. The first-order chi connectivity index (χ1) is 11.1. The van der Waals surface area contributed by atoms with Crippen LogP contribution in [0.25, 0.3) is 0 Å². The zero-order chi connectivity index (χ0) is 16.2. The second-order valence-corrected chi connectivity index (χ2v) is 7.22. The number of aryl methyl sites for hydroxylation is 2. The van der Waals surface area contributed by atoms with E-state index in [-0.39, 0.29) is 6.04 Å². The van der Waals surface area contributed by atoms with Crippen LogP contribution in [0.5, 0.6) is 0 Å². The van der Waals surface area contributed by atoms with Gasteiger partial charge in [0.1, 0.15) is 0 Å². The molecule has 0 saturated carbocycles. The Balaban J connectivity index is 1.68. The molecule has 0 amide bonds. The molecular formula is C16H24N4O2S. The predicted octanol–water partition coefficient (Wildman–Crippen LogP) is 2.47. The lowest BCUT2D eigenvalue weighted by Crippen LogP contribution is -2.43. The van der Waals surface area contributed by atoms with Crippen LogP contribution in [0.1, 0.15) is 40.5 Å². The Bertz CT molecular complexity index is 621. The van der Waals surface area contributed by atoms with E-state index in [1.807, 2.05) is 18.3 Å². The van der Waals surface area contributed by atoms with Crippen molar-refractivity contribution in [2.24, 2.45) is 0 Å². The fraction of sp³-hybridized carbons (Fsp3) is 0.625. The second-order valence-electron chi connectivity index (χ2n) is 5.90. The number of hydrogen-bond acceptors (Lipinski definition) is 7. The summed E-state index contributed by atoms with van der Waals surface area (Å²) in [5.74, 6) is 1.25. The van der Waals surface area contributed by atoms with Crippen molar-refractivity contribution in [1.82, 2.24) is 20.4 Å². The van der Waals surface area contributed by atoms with Gasteiger partial charge in [0.15, 0.2) is 0 Å². The summed E-state index contributed by atoms with van der Waals surface area (Å²) in [5.41, 5.74) is 0. The summed E-state index contributed by atoms with van der Waals surface area (Å²) < 4.78 is 11.0. The van der Waals surface area contributed by atoms with E-state index in [1.165, 1.54) is 9.75 Å². The lowest BCUT2D eigenvalue weighted by atomic mass is 10.1. The highest BCUT2D eigenvalue weighted by atomic mass is 32.1. The summed E-state index contributed by atoms with van der Waals surface area (Å²) in [5, 5.41) is 11.6. The summed E-state index contributed by atoms with van der Waals surface area (Å²) in [6.45, 7) is 10.4. The van der Waals surface area contributed by atoms with Gasteiger partial charge in [-0.15, -0.1) is 21.5 Å². The van der Waals surface area contributed by atoms with Gasteiger partial charge >= 0.3 is 0 Å². The number of morpholine rings is 1. The second kappa shape index (κ2) is 7.53. The average molecular weight is 336 g/mol. The minimum Gasteiger partial charge on any atom is -0.424 e. The third kappa shape index (κ3) is 4.17. The molecule has 6 nitrogen and oxygen atoms in total. The summed E-state index contributed by atoms with van der Waals surface area (Å²) in [6, 6.07) is 4.83. The number of hydrogen-bond donors (Lipinski definition) is 1. The molecule has 1 saturated heterocycles. The van der Waals surface area contributed by atoms with Crippen LogP contribution in [0.3, 0.4) is 0 Å². The molecule has 3 heterocycles. The summed E-state index contributed by atoms with van der Waals surface area (Å²) in [4.78, 5) is 5.23. The highest BCUT2D eigenvalue weighted by molar-refractivity contribution is 7.12. The molecule has 0 aliphatic carbocycles. The van der Waals surface area contributed by atoms with Crippen LogP contribution in [0.4, 0.5) is 0 Å². The van der Waals surface area contributed by atoms with Crippen LogP contribution in [0.2, 0.25) is 0 Å². The van der Waals surface area contributed by atoms with Gasteiger partial charge in [-0.3, -0.25) is 4.90 Å². The lowest BCUT2D eigenvalue weighted by molar-refractivity contribution is 0.0163. The fourth-order valence-corrected chi connectivity index (χ4v) is 3.81. The van der Waals surface area contributed by atoms with Crippen molar-refractivity contribution in [3.05, 3.63) is 33.7 Å². The van der Waals surface area contributed by atoms with Gasteiger partial charge in [-0.2, -0.15) is 0 Å². The maximum atomic E-state index is 5.52. The molecule has 1 fully saturated rings. The minimum absolute atomic E-state index is 0.0424. The Morgan fingerprint density at radius 1 is 1.26 bits per heavy atom. The number of thiophene rings is 1. The normalized spacial score (nSPS) is 18.9. The Kier molecular flexibility index (Phi) is 5.42. The highest BCUT2D eigenvalue weighted by Gasteiger charge is 2.25. The third-order valence-corrected chi connectivity index (χ3v) is 5.21. The standard InChI is InChI=1S/C16H24N4O2S/c1-11-4-5-15(23-11)14(20-6-8-21-9-7-20)10-17-12(2)16-19-18-13(3)22-16/h4-5,12,14,17H,6-10H2,1-3H3/t12-,14+/m0/s1. The Morgan fingerprint density at radius 3 is 2.65 bits per heavy atom. The summed E-state index contributed by atoms with van der Waals surface area (Å²) in [6.07, 6.45) is 0. The number of nitrogens with one attached hydrogen (secondary N) is 1. The van der Waals surface area contributed by atoms with E-state index in [1.54, 1.807) is 0 Å². The fourth-order valence-electron chi connectivity index (χ4n) is 2.79. The zero-order valence-corrected chi connectivity index (χ0v) is 14.7. The van der Waals surface area contributed by atoms with Gasteiger partial charge < -0.3 is 14.5 Å². The first-order valence-electron chi connectivity index (χ1n) is 8.05. The monoisotopic (exact) mass is 336 g/mol. The van der Waals surface area contributed by atoms with E-state index < -0.39 is 0 Å². The quantitative estimate of drug-likeness (QED) is 0.874. The molecule has 126 valence electrons. The Morgan fingerprint density at radius 2 is 2.04 bits per heavy atom. The van der Waals surface area contributed by atoms with Crippen molar-refractivity contribution in [2.45, 2.75) is 32.9 Å². The average Bonchev–Trinajstić information content (AvgIpc) is 3.17. The van der Waals surface area contributed by atoms with Gasteiger partial charge in [0, 0.05) is 36.3 Å². The molecule has 0 aromatic carbocycles. The van der Waals surface area contributed by atoms with Crippen LogP contribution in [-0.2, 0) is 4.74 Å². The number of nitrogens with zero attached hydrogens (tertiary/aromatic N) is 3. The molecular weight excluding hydrogens is 312 g/mol. The highest BCUT2D eigenvalue weighted by Crippen LogP contribution is 2.28. The van der Waals surface area contributed by atoms with Gasteiger partial charge in [0.2, 0.25) is 11.8 Å². The van der Waals surface area contributed by atoms with E-state index in [9.17, 15) is 0 Å². The van der Waals surface area contributed by atoms with Crippen molar-refractivity contribution in [3.63, 3.8) is 0 Å². The van der Waals surface area contributed by atoms with Gasteiger partial charge in [0.25, 0.3) is 0 Å². The topological polar surface area (TPSA) is 63.4 Å². The largest absolute Gasteiger partial charge is 0.424 e. The SMILES string of the molecule is Cc1nnc([C@H](C)NC[C@H](c2ccc(C)s2)N2CCOCC2)o1. The lowest BCUT2D eigenvalue weighted by Gasteiger charge is -2.34. The summed E-state index contributed by atoms with van der Waals surface area (Å²) in [7, 11) is 0. The van der Waals surface area contributed by atoms with Crippen molar-refractivity contribution >= 4 is 11.3 Å². The molecule has 7 heteroatoms. The van der Waals surface area contributed by atoms with Gasteiger partial charge in [-0.1, -0.05) is 0 Å². The van der Waals surface area contributed by atoms with E-state index in [0.717, 1.165) is 32.8 Å². The predicted molar refractivity (Wildman–Crippen MR) is 89.6 cm³/mol.